The van der Waals surface area contributed by atoms with E-state index in [0.717, 1.165) is 21.3 Å². The van der Waals surface area contributed by atoms with Crippen molar-refractivity contribution in [1.82, 2.24) is 0 Å². The molecule has 0 aromatic carbocycles. The Balaban J connectivity index is -0.00000000900. The molecule has 0 amide bonds. The average molecular weight is 285 g/mol. The molecule has 0 N–H and O–H groups in total. The molecule has 0 saturated heterocycles. The fraction of sp³-hybridized carbons (Fsp3) is 1.00. The smallest absolute Gasteiger partial charge is 0.857 e. The Morgan fingerprint density at radius 3 is 0.571 bits per heavy atom. The van der Waals surface area contributed by atoms with Crippen molar-refractivity contribution in [2.24, 2.45) is 0 Å². The molecule has 0 atom stereocenters. The Labute approximate surface area is 57.3 Å². The summed E-state index contributed by atoms with van der Waals surface area (Å²) in [6, 6.07) is 0. The van der Waals surface area contributed by atoms with E-state index in [1.807, 2.05) is 0 Å². The van der Waals surface area contributed by atoms with Crippen LogP contribution in [-0.2, 0) is 20.1 Å². The first-order valence-electron chi connectivity index (χ1n) is 1.22. The van der Waals surface area contributed by atoms with Crippen molar-refractivity contribution in [2.75, 3.05) is 21.3 Å². The molecule has 48 valence electrons. The molecule has 4 heteroatoms. The molecule has 0 bridgehead atoms. The van der Waals surface area contributed by atoms with Gasteiger partial charge in [0.2, 0.25) is 0 Å². The maximum absolute atomic E-state index is 8.25. The monoisotopic (exact) mass is 286 g/mol. The number of hydrogen-bond acceptors (Lipinski definition) is 3. The third-order valence-corrected chi connectivity index (χ3v) is 0. The summed E-state index contributed by atoms with van der Waals surface area (Å²) in [4.78, 5) is 0. The zero-order valence-corrected chi connectivity index (χ0v) is 6.95. The standard InChI is InChI=1S/3CH3O.Ir/c3*1-2;/h3*1H3;/q3*-1;+3. The van der Waals surface area contributed by atoms with Gasteiger partial charge in [-0.2, -0.15) is 21.3 Å². The molecule has 0 aliphatic carbocycles. The van der Waals surface area contributed by atoms with Gasteiger partial charge in [-0.05, 0) is 0 Å². The molecule has 0 aliphatic rings. The van der Waals surface area contributed by atoms with Gasteiger partial charge in [-0.25, -0.2) is 0 Å². The summed E-state index contributed by atoms with van der Waals surface area (Å²) in [6.45, 7) is 0. The molecule has 0 heterocycles. The molecular formula is C3H9IrO3. The van der Waals surface area contributed by atoms with E-state index in [9.17, 15) is 0 Å². The van der Waals surface area contributed by atoms with Crippen molar-refractivity contribution in [3.05, 3.63) is 0 Å². The summed E-state index contributed by atoms with van der Waals surface area (Å²) in [6.07, 6.45) is 0. The van der Waals surface area contributed by atoms with Gasteiger partial charge in [0.25, 0.3) is 0 Å². The summed E-state index contributed by atoms with van der Waals surface area (Å²) in [5.41, 5.74) is 0. The normalized spacial score (nSPS) is 2.57. The van der Waals surface area contributed by atoms with Crippen LogP contribution in [0.2, 0.25) is 0 Å². The molecule has 0 unspecified atom stereocenters. The van der Waals surface area contributed by atoms with Crippen LogP contribution in [0.15, 0.2) is 0 Å². The minimum absolute atomic E-state index is 0. The van der Waals surface area contributed by atoms with Gasteiger partial charge in [0, 0.05) is 0 Å². The van der Waals surface area contributed by atoms with E-state index in [2.05, 4.69) is 0 Å². The SMILES string of the molecule is C[O-].C[O-].C[O-].[Ir+3]. The Bertz CT molecular complexity index is 10.1. The van der Waals surface area contributed by atoms with Gasteiger partial charge in [-0.3, -0.25) is 0 Å². The fourth-order valence-corrected chi connectivity index (χ4v) is 0. The predicted octanol–water partition coefficient (Wildman–Crippen LogP) is -3.07. The Morgan fingerprint density at radius 2 is 0.571 bits per heavy atom. The maximum Gasteiger partial charge on any atom is 3.00 e. The molecule has 0 rings (SSSR count). The van der Waals surface area contributed by atoms with Crippen molar-refractivity contribution in [2.45, 2.75) is 0 Å². The van der Waals surface area contributed by atoms with Crippen molar-refractivity contribution < 1.29 is 35.4 Å². The molecule has 0 fully saturated rings. The summed E-state index contributed by atoms with van der Waals surface area (Å²) < 4.78 is 0. The largest absolute Gasteiger partial charge is 3.00 e. The maximum atomic E-state index is 8.25. The van der Waals surface area contributed by atoms with Crippen LogP contribution in [0.4, 0.5) is 0 Å². The number of rotatable bonds is 0. The van der Waals surface area contributed by atoms with Gasteiger partial charge >= 0.3 is 20.1 Å². The van der Waals surface area contributed by atoms with Crippen LogP contribution in [-0.4, -0.2) is 21.3 Å². The number of hydrogen-bond donors (Lipinski definition) is 0. The molecular weight excluding hydrogens is 276 g/mol. The fourth-order valence-electron chi connectivity index (χ4n) is 0. The zero-order chi connectivity index (χ0) is 6.00. The predicted molar refractivity (Wildman–Crippen MR) is 17.8 cm³/mol. The second-order valence-electron chi connectivity index (χ2n) is 0. The van der Waals surface area contributed by atoms with Crippen molar-refractivity contribution >= 4 is 0 Å². The van der Waals surface area contributed by atoms with Gasteiger partial charge < -0.3 is 15.3 Å². The first kappa shape index (κ1) is 25.8. The van der Waals surface area contributed by atoms with Crippen LogP contribution in [0.3, 0.4) is 0 Å². The molecule has 0 spiro atoms. The van der Waals surface area contributed by atoms with Crippen molar-refractivity contribution in [3.63, 3.8) is 0 Å². The molecule has 3 nitrogen and oxygen atoms in total. The third-order valence-electron chi connectivity index (χ3n) is 0. The van der Waals surface area contributed by atoms with Crippen LogP contribution < -0.4 is 15.3 Å². The zero-order valence-electron chi connectivity index (χ0n) is 4.56. The molecule has 0 radical (unpaired) electrons. The van der Waals surface area contributed by atoms with Crippen molar-refractivity contribution in [3.8, 4) is 0 Å². The average Bonchev–Trinajstić information content (AvgIpc) is 1.81. The van der Waals surface area contributed by atoms with Crippen LogP contribution >= 0.6 is 0 Å². The van der Waals surface area contributed by atoms with Crippen LogP contribution in [0, 0.1) is 0 Å². The summed E-state index contributed by atoms with van der Waals surface area (Å²) >= 11 is 0. The first-order valence-corrected chi connectivity index (χ1v) is 1.22. The van der Waals surface area contributed by atoms with E-state index in [4.69, 9.17) is 15.3 Å². The summed E-state index contributed by atoms with van der Waals surface area (Å²) in [5, 5.41) is 24.8. The van der Waals surface area contributed by atoms with Gasteiger partial charge in [0.05, 0.1) is 0 Å². The summed E-state index contributed by atoms with van der Waals surface area (Å²) in [7, 11) is 2.25. The van der Waals surface area contributed by atoms with E-state index in [-0.39, 0.29) is 20.1 Å². The summed E-state index contributed by atoms with van der Waals surface area (Å²) in [5.74, 6) is 0. The van der Waals surface area contributed by atoms with Crippen LogP contribution in [0.5, 0.6) is 0 Å². The second kappa shape index (κ2) is 712. The van der Waals surface area contributed by atoms with E-state index in [1.165, 1.54) is 0 Å². The van der Waals surface area contributed by atoms with E-state index in [1.54, 1.807) is 0 Å². The minimum atomic E-state index is 0. The Morgan fingerprint density at radius 1 is 0.571 bits per heavy atom. The van der Waals surface area contributed by atoms with E-state index >= 15 is 0 Å². The van der Waals surface area contributed by atoms with Gasteiger partial charge in [-0.15, -0.1) is 0 Å². The first-order chi connectivity index (χ1) is 3.00. The minimum Gasteiger partial charge on any atom is -0.857 e. The Hall–Kier alpha value is 0.529. The second-order valence-corrected chi connectivity index (χ2v) is 0. The third kappa shape index (κ3) is 478. The topological polar surface area (TPSA) is 69.2 Å². The quantitative estimate of drug-likeness (QED) is 0.474. The van der Waals surface area contributed by atoms with Crippen molar-refractivity contribution in [1.29, 1.82) is 0 Å². The molecule has 0 saturated carbocycles. The molecule has 0 aromatic heterocycles. The van der Waals surface area contributed by atoms with Gasteiger partial charge in [-0.1, -0.05) is 0 Å². The van der Waals surface area contributed by atoms with Gasteiger partial charge in [0.1, 0.15) is 0 Å². The molecule has 0 aromatic rings. The van der Waals surface area contributed by atoms with E-state index < -0.39 is 0 Å². The van der Waals surface area contributed by atoms with E-state index in [0.29, 0.717) is 0 Å². The Kier molecular flexibility index (Phi) is 2620. The van der Waals surface area contributed by atoms with Crippen LogP contribution in [0.1, 0.15) is 0 Å². The van der Waals surface area contributed by atoms with Crippen LogP contribution in [0.25, 0.3) is 0 Å². The molecule has 7 heavy (non-hydrogen) atoms. The van der Waals surface area contributed by atoms with Gasteiger partial charge in [0.15, 0.2) is 0 Å². The molecule has 0 aliphatic heterocycles.